The fourth-order valence-corrected chi connectivity index (χ4v) is 3.52. The Morgan fingerprint density at radius 1 is 1.37 bits per heavy atom. The lowest BCUT2D eigenvalue weighted by Gasteiger charge is -2.11. The lowest BCUT2D eigenvalue weighted by atomic mass is 10.3. The van der Waals surface area contributed by atoms with Crippen molar-refractivity contribution in [2.75, 3.05) is 25.5 Å². The zero-order valence-electron chi connectivity index (χ0n) is 10.4. The Bertz CT molecular complexity index is 512. The number of anilines is 1. The van der Waals surface area contributed by atoms with Crippen LogP contribution in [0.4, 0.5) is 5.69 Å². The van der Waals surface area contributed by atoms with Crippen LogP contribution in [-0.2, 0) is 14.8 Å². The van der Waals surface area contributed by atoms with E-state index in [0.717, 1.165) is 0 Å². The summed E-state index contributed by atoms with van der Waals surface area (Å²) in [7, 11) is -3.75. The first-order chi connectivity index (χ1) is 8.88. The summed E-state index contributed by atoms with van der Waals surface area (Å²) in [5.74, 6) is 0. The average molecular weight is 327 g/mol. The minimum absolute atomic E-state index is 0.00214. The second-order valence-electron chi connectivity index (χ2n) is 3.75. The van der Waals surface area contributed by atoms with Gasteiger partial charge in [-0.2, -0.15) is 0 Å². The summed E-state index contributed by atoms with van der Waals surface area (Å²) >= 11 is 11.6. The van der Waals surface area contributed by atoms with E-state index >= 15 is 0 Å². The summed E-state index contributed by atoms with van der Waals surface area (Å²) in [5.41, 5.74) is 5.67. The number of sulfonamides is 1. The van der Waals surface area contributed by atoms with Crippen molar-refractivity contribution in [1.29, 1.82) is 0 Å². The number of ether oxygens (including phenoxy) is 1. The molecule has 0 fully saturated rings. The van der Waals surface area contributed by atoms with Crippen LogP contribution in [0.3, 0.4) is 0 Å². The first kappa shape index (κ1) is 16.5. The van der Waals surface area contributed by atoms with Gasteiger partial charge in [0.1, 0.15) is 4.90 Å². The molecule has 19 heavy (non-hydrogen) atoms. The lowest BCUT2D eigenvalue weighted by Crippen LogP contribution is -2.26. The van der Waals surface area contributed by atoms with Gasteiger partial charge in [-0.1, -0.05) is 23.2 Å². The fraction of sp³-hybridized carbons (Fsp3) is 0.455. The maximum absolute atomic E-state index is 12.1. The van der Waals surface area contributed by atoms with E-state index in [1.807, 2.05) is 6.92 Å². The quantitative estimate of drug-likeness (QED) is 0.595. The fourth-order valence-electron chi connectivity index (χ4n) is 1.46. The highest BCUT2D eigenvalue weighted by Crippen LogP contribution is 2.30. The minimum atomic E-state index is -3.75. The highest BCUT2D eigenvalue weighted by atomic mass is 35.5. The van der Waals surface area contributed by atoms with Crippen molar-refractivity contribution in [3.63, 3.8) is 0 Å². The summed E-state index contributed by atoms with van der Waals surface area (Å²) in [4.78, 5) is -0.144. The number of nitrogens with two attached hydrogens (primary N) is 1. The molecule has 8 heteroatoms. The molecule has 0 amide bonds. The molecule has 1 aromatic rings. The van der Waals surface area contributed by atoms with E-state index in [0.29, 0.717) is 19.6 Å². The number of benzene rings is 1. The van der Waals surface area contributed by atoms with E-state index in [9.17, 15) is 8.42 Å². The lowest BCUT2D eigenvalue weighted by molar-refractivity contribution is 0.146. The summed E-state index contributed by atoms with van der Waals surface area (Å²) in [5, 5.41) is 0.292. The molecule has 0 radical (unpaired) electrons. The first-order valence-electron chi connectivity index (χ1n) is 5.70. The summed E-state index contributed by atoms with van der Waals surface area (Å²) in [6, 6.07) is 2.69. The predicted molar refractivity (Wildman–Crippen MR) is 77.2 cm³/mol. The molecule has 0 aliphatic rings. The van der Waals surface area contributed by atoms with Crippen molar-refractivity contribution < 1.29 is 13.2 Å². The molecule has 0 unspecified atom stereocenters. The molecular weight excluding hydrogens is 311 g/mol. The second-order valence-corrected chi connectivity index (χ2v) is 6.30. The molecule has 0 saturated carbocycles. The normalized spacial score (nSPS) is 11.7. The molecule has 0 bridgehead atoms. The monoisotopic (exact) mass is 326 g/mol. The van der Waals surface area contributed by atoms with Crippen LogP contribution in [0.15, 0.2) is 17.0 Å². The summed E-state index contributed by atoms with van der Waals surface area (Å²) in [6.07, 6.45) is 0.568. The largest absolute Gasteiger partial charge is 0.398 e. The zero-order chi connectivity index (χ0) is 14.5. The van der Waals surface area contributed by atoms with Gasteiger partial charge in [-0.05, 0) is 25.5 Å². The van der Waals surface area contributed by atoms with E-state index in [2.05, 4.69) is 4.72 Å². The molecule has 5 nitrogen and oxygen atoms in total. The predicted octanol–water partition coefficient (Wildman–Crippen LogP) is 2.28. The molecule has 1 aromatic carbocycles. The zero-order valence-corrected chi connectivity index (χ0v) is 12.8. The molecule has 0 aliphatic carbocycles. The summed E-state index contributed by atoms with van der Waals surface area (Å²) < 4.78 is 31.7. The van der Waals surface area contributed by atoms with Gasteiger partial charge in [-0.3, -0.25) is 0 Å². The molecular formula is C11H16Cl2N2O3S. The molecule has 1 rings (SSSR count). The van der Waals surface area contributed by atoms with Crippen molar-refractivity contribution in [2.24, 2.45) is 0 Å². The molecule has 0 spiro atoms. The summed E-state index contributed by atoms with van der Waals surface area (Å²) in [6.45, 7) is 3.21. The Hall–Kier alpha value is -0.530. The highest BCUT2D eigenvalue weighted by Gasteiger charge is 2.21. The van der Waals surface area contributed by atoms with E-state index < -0.39 is 10.0 Å². The smallest absolute Gasteiger partial charge is 0.244 e. The molecule has 0 aliphatic heterocycles. The highest BCUT2D eigenvalue weighted by molar-refractivity contribution is 7.89. The number of rotatable bonds is 7. The average Bonchev–Trinajstić information content (AvgIpc) is 2.26. The van der Waals surface area contributed by atoms with Gasteiger partial charge in [-0.15, -0.1) is 0 Å². The van der Waals surface area contributed by atoms with Crippen molar-refractivity contribution in [2.45, 2.75) is 18.2 Å². The van der Waals surface area contributed by atoms with Crippen molar-refractivity contribution in [3.8, 4) is 0 Å². The Morgan fingerprint density at radius 2 is 2.05 bits per heavy atom. The van der Waals surface area contributed by atoms with Gasteiger partial charge in [0.2, 0.25) is 10.0 Å². The van der Waals surface area contributed by atoms with Gasteiger partial charge in [0.25, 0.3) is 0 Å². The molecule has 108 valence electrons. The Labute approximate surface area is 123 Å². The minimum Gasteiger partial charge on any atom is -0.398 e. The molecule has 0 heterocycles. The van der Waals surface area contributed by atoms with Crippen LogP contribution >= 0.6 is 23.2 Å². The third kappa shape index (κ3) is 4.81. The maximum atomic E-state index is 12.1. The van der Waals surface area contributed by atoms with Crippen LogP contribution in [0, 0.1) is 0 Å². The Morgan fingerprint density at radius 3 is 2.63 bits per heavy atom. The van der Waals surface area contributed by atoms with Gasteiger partial charge >= 0.3 is 0 Å². The third-order valence-electron chi connectivity index (χ3n) is 2.27. The number of halogens is 2. The first-order valence-corrected chi connectivity index (χ1v) is 7.94. The number of hydrogen-bond donors (Lipinski definition) is 2. The molecule has 0 atom stereocenters. The van der Waals surface area contributed by atoms with E-state index in [4.69, 9.17) is 33.7 Å². The van der Waals surface area contributed by atoms with E-state index in [1.165, 1.54) is 12.1 Å². The molecule has 0 saturated heterocycles. The number of hydrogen-bond acceptors (Lipinski definition) is 4. The second kappa shape index (κ2) is 7.31. The van der Waals surface area contributed by atoms with E-state index in [-0.39, 0.29) is 27.2 Å². The van der Waals surface area contributed by atoms with Gasteiger partial charge < -0.3 is 10.5 Å². The van der Waals surface area contributed by atoms with Crippen LogP contribution < -0.4 is 10.5 Å². The van der Waals surface area contributed by atoms with Crippen LogP contribution in [0.2, 0.25) is 10.0 Å². The standard InChI is InChI=1S/C11H16Cl2N2O3S/c1-2-18-5-3-4-15-19(16,17)11-9(13)6-8(12)7-10(11)14/h6-7,15H,2-5,14H2,1H3. The van der Waals surface area contributed by atoms with Crippen LogP contribution in [-0.4, -0.2) is 28.2 Å². The van der Waals surface area contributed by atoms with Crippen molar-refractivity contribution >= 4 is 38.9 Å². The molecule has 3 N–H and O–H groups in total. The van der Waals surface area contributed by atoms with Gasteiger partial charge in [-0.25, -0.2) is 13.1 Å². The van der Waals surface area contributed by atoms with Crippen molar-refractivity contribution in [1.82, 2.24) is 4.72 Å². The van der Waals surface area contributed by atoms with Crippen LogP contribution in [0.1, 0.15) is 13.3 Å². The van der Waals surface area contributed by atoms with Gasteiger partial charge in [0.15, 0.2) is 0 Å². The van der Waals surface area contributed by atoms with Crippen LogP contribution in [0.25, 0.3) is 0 Å². The van der Waals surface area contributed by atoms with Gasteiger partial charge in [0.05, 0.1) is 10.7 Å². The Balaban J connectivity index is 2.78. The van der Waals surface area contributed by atoms with Gasteiger partial charge in [0, 0.05) is 24.8 Å². The van der Waals surface area contributed by atoms with Crippen molar-refractivity contribution in [3.05, 3.63) is 22.2 Å². The Kier molecular flexibility index (Phi) is 6.35. The van der Waals surface area contributed by atoms with E-state index in [1.54, 1.807) is 0 Å². The molecule has 0 aromatic heterocycles. The topological polar surface area (TPSA) is 81.4 Å². The third-order valence-corrected chi connectivity index (χ3v) is 4.47. The maximum Gasteiger partial charge on any atom is 0.244 e. The van der Waals surface area contributed by atoms with Crippen LogP contribution in [0.5, 0.6) is 0 Å². The SMILES string of the molecule is CCOCCCNS(=O)(=O)c1c(N)cc(Cl)cc1Cl. The number of nitrogens with one attached hydrogen (secondary N) is 1. The number of nitrogen functional groups attached to an aromatic ring is 1.